The van der Waals surface area contributed by atoms with Crippen molar-refractivity contribution in [2.75, 3.05) is 0 Å². The second kappa shape index (κ2) is 3.53. The number of aromatic amines is 1. The van der Waals surface area contributed by atoms with Crippen molar-refractivity contribution in [2.24, 2.45) is 0 Å². The Balaban J connectivity index is 2.46. The predicted octanol–water partition coefficient (Wildman–Crippen LogP) is -0.433. The van der Waals surface area contributed by atoms with Crippen molar-refractivity contribution in [2.45, 2.75) is 6.92 Å². The van der Waals surface area contributed by atoms with Crippen LogP contribution >= 0.6 is 0 Å². The Hall–Kier alpha value is -2.58. The van der Waals surface area contributed by atoms with Gasteiger partial charge in [0.05, 0.1) is 4.92 Å². The van der Waals surface area contributed by atoms with Crippen LogP contribution < -0.4 is 5.56 Å². The molecule has 2 aromatic heterocycles. The minimum atomic E-state index is -0.594. The van der Waals surface area contributed by atoms with Gasteiger partial charge in [0.2, 0.25) is 0 Å². The number of hydrogen-bond acceptors (Lipinski definition) is 6. The van der Waals surface area contributed by atoms with Crippen LogP contribution in [0.1, 0.15) is 5.69 Å². The molecule has 0 amide bonds. The molecule has 16 heavy (non-hydrogen) atoms. The molecule has 0 aliphatic heterocycles. The molecule has 0 saturated carbocycles. The SMILES string of the molecule is Cc1nnc(-n2cc([N+](=O)[O-])cn2)[nH]c1=O. The summed E-state index contributed by atoms with van der Waals surface area (Å²) < 4.78 is 1.08. The molecule has 0 atom stereocenters. The van der Waals surface area contributed by atoms with Crippen LogP contribution in [-0.4, -0.2) is 29.9 Å². The standard InChI is InChI=1S/C7H6N6O3/c1-4-6(14)9-7(11-10-4)12-3-5(2-8-12)13(15)16/h2-3H,1H3,(H,9,11,14). The zero-order valence-corrected chi connectivity index (χ0v) is 8.12. The van der Waals surface area contributed by atoms with E-state index in [0.717, 1.165) is 17.1 Å². The summed E-state index contributed by atoms with van der Waals surface area (Å²) in [5.74, 6) is 0.0312. The van der Waals surface area contributed by atoms with E-state index in [2.05, 4.69) is 20.3 Å². The van der Waals surface area contributed by atoms with Gasteiger partial charge in [-0.1, -0.05) is 0 Å². The molecule has 0 bridgehead atoms. The Kier molecular flexibility index (Phi) is 2.20. The molecule has 0 saturated heterocycles. The summed E-state index contributed by atoms with van der Waals surface area (Å²) in [6.07, 6.45) is 2.19. The number of nitrogens with one attached hydrogen (secondary N) is 1. The molecule has 1 N–H and O–H groups in total. The van der Waals surface area contributed by atoms with Gasteiger partial charge >= 0.3 is 5.69 Å². The van der Waals surface area contributed by atoms with Gasteiger partial charge in [-0.3, -0.25) is 19.9 Å². The highest BCUT2D eigenvalue weighted by Crippen LogP contribution is 2.09. The van der Waals surface area contributed by atoms with Crippen molar-refractivity contribution in [1.29, 1.82) is 0 Å². The summed E-state index contributed by atoms with van der Waals surface area (Å²) in [5, 5.41) is 21.3. The molecular formula is C7H6N6O3. The van der Waals surface area contributed by atoms with E-state index in [-0.39, 0.29) is 17.3 Å². The Bertz CT molecular complexity index is 600. The minimum absolute atomic E-state index is 0.0312. The van der Waals surface area contributed by atoms with Gasteiger partial charge in [0, 0.05) is 0 Å². The van der Waals surface area contributed by atoms with E-state index in [1.165, 1.54) is 6.92 Å². The molecule has 0 radical (unpaired) electrons. The molecule has 0 aliphatic carbocycles. The van der Waals surface area contributed by atoms with Gasteiger partial charge in [-0.15, -0.1) is 10.2 Å². The van der Waals surface area contributed by atoms with Crippen molar-refractivity contribution < 1.29 is 4.92 Å². The fourth-order valence-corrected chi connectivity index (χ4v) is 1.01. The summed E-state index contributed by atoms with van der Waals surface area (Å²) >= 11 is 0. The predicted molar refractivity (Wildman–Crippen MR) is 51.2 cm³/mol. The lowest BCUT2D eigenvalue weighted by Crippen LogP contribution is -2.17. The first-order valence-corrected chi connectivity index (χ1v) is 4.21. The lowest BCUT2D eigenvalue weighted by molar-refractivity contribution is -0.384. The van der Waals surface area contributed by atoms with Gasteiger partial charge in [0.1, 0.15) is 18.1 Å². The van der Waals surface area contributed by atoms with Crippen LogP contribution in [0, 0.1) is 17.0 Å². The van der Waals surface area contributed by atoms with Gasteiger partial charge in [-0.25, -0.2) is 0 Å². The topological polar surface area (TPSA) is 120 Å². The number of rotatable bonds is 2. The first kappa shape index (κ1) is 9.96. The molecular weight excluding hydrogens is 216 g/mol. The van der Waals surface area contributed by atoms with Crippen LogP contribution in [0.4, 0.5) is 5.69 Å². The van der Waals surface area contributed by atoms with Crippen LogP contribution in [0.3, 0.4) is 0 Å². The maximum absolute atomic E-state index is 11.2. The van der Waals surface area contributed by atoms with Gasteiger partial charge < -0.3 is 0 Å². The monoisotopic (exact) mass is 222 g/mol. The number of H-pyrrole nitrogens is 1. The zero-order valence-electron chi connectivity index (χ0n) is 8.12. The summed E-state index contributed by atoms with van der Waals surface area (Å²) in [7, 11) is 0. The molecule has 82 valence electrons. The van der Waals surface area contributed by atoms with Gasteiger partial charge in [0.15, 0.2) is 0 Å². The lowest BCUT2D eigenvalue weighted by atomic mass is 10.5. The van der Waals surface area contributed by atoms with Crippen LogP contribution in [0.25, 0.3) is 5.95 Å². The molecule has 0 aliphatic rings. The normalized spacial score (nSPS) is 10.3. The highest BCUT2D eigenvalue weighted by Gasteiger charge is 2.11. The summed E-state index contributed by atoms with van der Waals surface area (Å²) in [4.78, 5) is 23.4. The van der Waals surface area contributed by atoms with Gasteiger partial charge in [0.25, 0.3) is 11.5 Å². The second-order valence-electron chi connectivity index (χ2n) is 2.96. The summed E-state index contributed by atoms with van der Waals surface area (Å²) in [6.45, 7) is 1.50. The molecule has 0 spiro atoms. The van der Waals surface area contributed by atoms with Crippen molar-refractivity contribution in [3.8, 4) is 5.95 Å². The molecule has 9 heteroatoms. The fourth-order valence-electron chi connectivity index (χ4n) is 1.01. The van der Waals surface area contributed by atoms with E-state index in [1.807, 2.05) is 0 Å². The Morgan fingerprint density at radius 2 is 2.25 bits per heavy atom. The van der Waals surface area contributed by atoms with Crippen LogP contribution in [-0.2, 0) is 0 Å². The Labute approximate surface area is 87.9 Å². The number of nitro groups is 1. The molecule has 9 nitrogen and oxygen atoms in total. The first-order valence-electron chi connectivity index (χ1n) is 4.21. The maximum atomic E-state index is 11.2. The van der Waals surface area contributed by atoms with E-state index in [4.69, 9.17) is 0 Å². The average Bonchev–Trinajstić information content (AvgIpc) is 2.71. The number of nitrogens with zero attached hydrogens (tertiary/aromatic N) is 5. The van der Waals surface area contributed by atoms with Crippen molar-refractivity contribution in [1.82, 2.24) is 25.0 Å². The quantitative estimate of drug-likeness (QED) is 0.543. The van der Waals surface area contributed by atoms with E-state index < -0.39 is 10.5 Å². The Morgan fingerprint density at radius 1 is 1.50 bits per heavy atom. The lowest BCUT2D eigenvalue weighted by Gasteiger charge is -1.97. The third-order valence-corrected chi connectivity index (χ3v) is 1.85. The van der Waals surface area contributed by atoms with Crippen LogP contribution in [0.15, 0.2) is 17.2 Å². The summed E-state index contributed by atoms with van der Waals surface area (Å²) in [6, 6.07) is 0. The highest BCUT2D eigenvalue weighted by molar-refractivity contribution is 5.24. The molecule has 2 rings (SSSR count). The molecule has 0 unspecified atom stereocenters. The average molecular weight is 222 g/mol. The largest absolute Gasteiger partial charge is 0.307 e. The molecule has 0 aromatic carbocycles. The third kappa shape index (κ3) is 1.65. The van der Waals surface area contributed by atoms with Crippen molar-refractivity contribution >= 4 is 5.69 Å². The van der Waals surface area contributed by atoms with E-state index in [1.54, 1.807) is 0 Å². The van der Waals surface area contributed by atoms with E-state index in [0.29, 0.717) is 0 Å². The Morgan fingerprint density at radius 3 is 2.81 bits per heavy atom. The molecule has 0 fully saturated rings. The minimum Gasteiger partial charge on any atom is -0.288 e. The first-order chi connectivity index (χ1) is 7.58. The van der Waals surface area contributed by atoms with Crippen LogP contribution in [0.2, 0.25) is 0 Å². The van der Waals surface area contributed by atoms with Crippen LogP contribution in [0.5, 0.6) is 0 Å². The number of hydrogen-bond donors (Lipinski definition) is 1. The second-order valence-corrected chi connectivity index (χ2v) is 2.96. The van der Waals surface area contributed by atoms with Crippen molar-refractivity contribution in [3.63, 3.8) is 0 Å². The van der Waals surface area contributed by atoms with Gasteiger partial charge in [-0.2, -0.15) is 9.78 Å². The zero-order chi connectivity index (χ0) is 11.7. The molecule has 2 aromatic rings. The molecule has 2 heterocycles. The number of aromatic nitrogens is 5. The van der Waals surface area contributed by atoms with Crippen molar-refractivity contribution in [3.05, 3.63) is 38.6 Å². The van der Waals surface area contributed by atoms with Gasteiger partial charge in [-0.05, 0) is 6.92 Å². The van der Waals surface area contributed by atoms with E-state index in [9.17, 15) is 14.9 Å². The third-order valence-electron chi connectivity index (χ3n) is 1.85. The van der Waals surface area contributed by atoms with E-state index >= 15 is 0 Å². The smallest absolute Gasteiger partial charge is 0.288 e. The fraction of sp³-hybridized carbons (Fsp3) is 0.143. The number of aryl methyl sites for hydroxylation is 1. The highest BCUT2D eigenvalue weighted by atomic mass is 16.6. The maximum Gasteiger partial charge on any atom is 0.307 e. The summed E-state index contributed by atoms with van der Waals surface area (Å²) in [5.41, 5.74) is -0.392.